The molecule has 1 aromatic carbocycles. The van der Waals surface area contributed by atoms with E-state index >= 15 is 0 Å². The number of rotatable bonds is 10. The standard InChI is InChI=1S/C25H36N2O/c1-3-5-17-28-24-14-12-22(13-15-24)23-18-26-25(27-19-23)16-11-21-9-7-20(6-4-2)8-10-21/h12-15,18-21H,3-11,16-17H2,1-2H3/t20-,21-. The van der Waals surface area contributed by atoms with E-state index in [2.05, 4.69) is 35.9 Å². The number of hydrogen-bond acceptors (Lipinski definition) is 3. The van der Waals surface area contributed by atoms with Crippen LogP contribution in [0.3, 0.4) is 0 Å². The third-order valence-corrected chi connectivity index (χ3v) is 6.10. The zero-order valence-electron chi connectivity index (χ0n) is 17.7. The number of aryl methyl sites for hydroxylation is 1. The highest BCUT2D eigenvalue weighted by Crippen LogP contribution is 2.33. The fourth-order valence-corrected chi connectivity index (χ4v) is 4.26. The summed E-state index contributed by atoms with van der Waals surface area (Å²) in [7, 11) is 0. The lowest BCUT2D eigenvalue weighted by Gasteiger charge is -2.28. The molecule has 0 aliphatic heterocycles. The minimum atomic E-state index is 0.786. The highest BCUT2D eigenvalue weighted by Gasteiger charge is 2.20. The van der Waals surface area contributed by atoms with Crippen LogP contribution in [0, 0.1) is 11.8 Å². The topological polar surface area (TPSA) is 35.0 Å². The van der Waals surface area contributed by atoms with E-state index in [9.17, 15) is 0 Å². The maximum Gasteiger partial charge on any atom is 0.128 e. The summed E-state index contributed by atoms with van der Waals surface area (Å²) in [5.41, 5.74) is 2.22. The second kappa shape index (κ2) is 11.2. The molecule has 0 bridgehead atoms. The van der Waals surface area contributed by atoms with Gasteiger partial charge in [-0.2, -0.15) is 0 Å². The van der Waals surface area contributed by atoms with Gasteiger partial charge < -0.3 is 4.74 Å². The summed E-state index contributed by atoms with van der Waals surface area (Å²) >= 11 is 0. The largest absolute Gasteiger partial charge is 0.494 e. The van der Waals surface area contributed by atoms with E-state index in [0.717, 1.165) is 60.4 Å². The molecule has 0 saturated heterocycles. The van der Waals surface area contributed by atoms with Gasteiger partial charge >= 0.3 is 0 Å². The minimum absolute atomic E-state index is 0.786. The Kier molecular flexibility index (Phi) is 8.32. The lowest BCUT2D eigenvalue weighted by atomic mass is 9.78. The predicted molar refractivity (Wildman–Crippen MR) is 117 cm³/mol. The molecule has 0 atom stereocenters. The Hall–Kier alpha value is -1.90. The van der Waals surface area contributed by atoms with Crippen molar-refractivity contribution in [1.82, 2.24) is 9.97 Å². The fourth-order valence-electron chi connectivity index (χ4n) is 4.26. The van der Waals surface area contributed by atoms with Crippen molar-refractivity contribution in [2.75, 3.05) is 6.61 Å². The average molecular weight is 381 g/mol. The van der Waals surface area contributed by atoms with Gasteiger partial charge in [0.1, 0.15) is 11.6 Å². The molecule has 1 aliphatic rings. The van der Waals surface area contributed by atoms with Gasteiger partial charge in [-0.25, -0.2) is 9.97 Å². The van der Waals surface area contributed by atoms with Crippen molar-refractivity contribution in [1.29, 1.82) is 0 Å². The van der Waals surface area contributed by atoms with Gasteiger partial charge in [0, 0.05) is 24.4 Å². The number of hydrogen-bond donors (Lipinski definition) is 0. The number of ether oxygens (including phenoxy) is 1. The smallest absolute Gasteiger partial charge is 0.128 e. The predicted octanol–water partition coefficient (Wildman–Crippen LogP) is 6.86. The second-order valence-electron chi connectivity index (χ2n) is 8.33. The van der Waals surface area contributed by atoms with E-state index in [-0.39, 0.29) is 0 Å². The fraction of sp³-hybridized carbons (Fsp3) is 0.600. The third-order valence-electron chi connectivity index (χ3n) is 6.10. The van der Waals surface area contributed by atoms with Crippen molar-refractivity contribution in [3.05, 3.63) is 42.5 Å². The first-order valence-corrected chi connectivity index (χ1v) is 11.3. The Labute approximate surface area is 171 Å². The molecule has 1 aromatic heterocycles. The van der Waals surface area contributed by atoms with Crippen LogP contribution in [-0.4, -0.2) is 16.6 Å². The first-order chi connectivity index (χ1) is 13.8. The molecule has 0 spiro atoms. The maximum absolute atomic E-state index is 5.73. The lowest BCUT2D eigenvalue weighted by molar-refractivity contribution is 0.251. The Morgan fingerprint density at radius 2 is 1.46 bits per heavy atom. The van der Waals surface area contributed by atoms with Crippen molar-refractivity contribution in [2.24, 2.45) is 11.8 Å². The van der Waals surface area contributed by atoms with Crippen LogP contribution >= 0.6 is 0 Å². The summed E-state index contributed by atoms with van der Waals surface area (Å²) in [5.74, 6) is 3.78. The molecule has 3 nitrogen and oxygen atoms in total. The van der Waals surface area contributed by atoms with E-state index in [1.54, 1.807) is 0 Å². The Balaban J connectivity index is 1.46. The van der Waals surface area contributed by atoms with Crippen LogP contribution in [0.25, 0.3) is 11.1 Å². The van der Waals surface area contributed by atoms with E-state index in [4.69, 9.17) is 4.74 Å². The van der Waals surface area contributed by atoms with Crippen LogP contribution in [-0.2, 0) is 6.42 Å². The summed E-state index contributed by atoms with van der Waals surface area (Å²) in [6, 6.07) is 8.25. The van der Waals surface area contributed by atoms with Crippen molar-refractivity contribution < 1.29 is 4.74 Å². The minimum Gasteiger partial charge on any atom is -0.494 e. The molecule has 1 aliphatic carbocycles. The lowest BCUT2D eigenvalue weighted by Crippen LogP contribution is -2.15. The van der Waals surface area contributed by atoms with Crippen molar-refractivity contribution in [3.8, 4) is 16.9 Å². The Morgan fingerprint density at radius 3 is 2.07 bits per heavy atom. The zero-order chi connectivity index (χ0) is 19.6. The molecule has 0 unspecified atom stereocenters. The van der Waals surface area contributed by atoms with E-state index < -0.39 is 0 Å². The van der Waals surface area contributed by atoms with Gasteiger partial charge in [0.2, 0.25) is 0 Å². The first kappa shape index (κ1) is 20.8. The highest BCUT2D eigenvalue weighted by molar-refractivity contribution is 5.62. The summed E-state index contributed by atoms with van der Waals surface area (Å²) < 4.78 is 5.73. The van der Waals surface area contributed by atoms with Gasteiger partial charge in [-0.15, -0.1) is 0 Å². The summed E-state index contributed by atoms with van der Waals surface area (Å²) in [4.78, 5) is 9.25. The van der Waals surface area contributed by atoms with Crippen LogP contribution in [0.15, 0.2) is 36.7 Å². The first-order valence-electron chi connectivity index (χ1n) is 11.3. The number of nitrogens with zero attached hydrogens (tertiary/aromatic N) is 2. The Bertz CT molecular complexity index is 673. The molecular formula is C25H36N2O. The van der Waals surface area contributed by atoms with Crippen LogP contribution in [0.5, 0.6) is 5.75 Å². The van der Waals surface area contributed by atoms with Gasteiger partial charge in [-0.1, -0.05) is 70.9 Å². The van der Waals surface area contributed by atoms with Crippen LogP contribution in [0.2, 0.25) is 0 Å². The van der Waals surface area contributed by atoms with Gasteiger partial charge in [-0.3, -0.25) is 0 Å². The molecule has 28 heavy (non-hydrogen) atoms. The van der Waals surface area contributed by atoms with Gasteiger partial charge in [0.25, 0.3) is 0 Å². The molecule has 0 radical (unpaired) electrons. The third kappa shape index (κ3) is 6.32. The zero-order valence-corrected chi connectivity index (χ0v) is 17.7. The second-order valence-corrected chi connectivity index (χ2v) is 8.33. The molecule has 1 heterocycles. The molecule has 3 rings (SSSR count). The highest BCUT2D eigenvalue weighted by atomic mass is 16.5. The molecule has 1 fully saturated rings. The van der Waals surface area contributed by atoms with E-state index in [1.165, 1.54) is 44.9 Å². The number of benzene rings is 1. The van der Waals surface area contributed by atoms with E-state index in [0.29, 0.717) is 0 Å². The monoisotopic (exact) mass is 380 g/mol. The molecule has 152 valence electrons. The Morgan fingerprint density at radius 1 is 0.821 bits per heavy atom. The summed E-state index contributed by atoms with van der Waals surface area (Å²) in [6.07, 6.45) is 16.8. The molecule has 2 aromatic rings. The van der Waals surface area contributed by atoms with Crippen LogP contribution < -0.4 is 4.74 Å². The van der Waals surface area contributed by atoms with Gasteiger partial charge in [-0.05, 0) is 42.4 Å². The maximum atomic E-state index is 5.73. The molecule has 0 N–H and O–H groups in total. The molecular weight excluding hydrogens is 344 g/mol. The van der Waals surface area contributed by atoms with Crippen molar-refractivity contribution in [3.63, 3.8) is 0 Å². The molecule has 1 saturated carbocycles. The number of aromatic nitrogens is 2. The molecule has 0 amide bonds. The average Bonchev–Trinajstić information content (AvgIpc) is 2.75. The normalized spacial score (nSPS) is 19.5. The SMILES string of the molecule is CCCCOc1ccc(-c2cnc(CC[C@H]3CC[C@H](CCC)CC3)nc2)cc1. The van der Waals surface area contributed by atoms with Gasteiger partial charge in [0.15, 0.2) is 0 Å². The van der Waals surface area contributed by atoms with Crippen LogP contribution in [0.4, 0.5) is 0 Å². The van der Waals surface area contributed by atoms with Crippen molar-refractivity contribution >= 4 is 0 Å². The van der Waals surface area contributed by atoms with Gasteiger partial charge in [0.05, 0.1) is 6.61 Å². The van der Waals surface area contributed by atoms with E-state index in [1.807, 2.05) is 24.5 Å². The number of unbranched alkanes of at least 4 members (excludes halogenated alkanes) is 1. The summed E-state index contributed by atoms with van der Waals surface area (Å²) in [6.45, 7) is 5.27. The van der Waals surface area contributed by atoms with Crippen LogP contribution in [0.1, 0.15) is 77.5 Å². The quantitative estimate of drug-likeness (QED) is 0.422. The summed E-state index contributed by atoms with van der Waals surface area (Å²) in [5, 5.41) is 0. The molecule has 3 heteroatoms. The van der Waals surface area contributed by atoms with Crippen molar-refractivity contribution in [2.45, 2.75) is 78.1 Å².